The second-order valence-corrected chi connectivity index (χ2v) is 14.5. The van der Waals surface area contributed by atoms with Crippen molar-refractivity contribution in [1.29, 1.82) is 10.5 Å². The summed E-state index contributed by atoms with van der Waals surface area (Å²) in [6, 6.07) is 74.6. The molecule has 0 N–H and O–H groups in total. The molecule has 0 unspecified atom stereocenters. The van der Waals surface area contributed by atoms with Crippen molar-refractivity contribution in [2.75, 3.05) is 4.90 Å². The van der Waals surface area contributed by atoms with E-state index in [0.29, 0.717) is 22.6 Å². The van der Waals surface area contributed by atoms with Crippen LogP contribution < -0.4 is 4.90 Å². The van der Waals surface area contributed by atoms with Crippen LogP contribution in [-0.2, 0) is 0 Å². The van der Waals surface area contributed by atoms with Gasteiger partial charge in [-0.25, -0.2) is 9.97 Å². The molecule has 0 aliphatic carbocycles. The highest BCUT2D eigenvalue weighted by Crippen LogP contribution is 2.40. The maximum Gasteiger partial charge on any atom is 0.160 e. The molecule has 8 aromatic carbocycles. The molecule has 2 aromatic heterocycles. The number of fused-ring (bicyclic) bond motifs is 3. The molecule has 6 heteroatoms. The van der Waals surface area contributed by atoms with Gasteiger partial charge in [0.15, 0.2) is 5.82 Å². The summed E-state index contributed by atoms with van der Waals surface area (Å²) in [5.74, 6) is 0.507. The third-order valence-electron chi connectivity index (χ3n) is 10.8. The van der Waals surface area contributed by atoms with E-state index >= 15 is 0 Å². The van der Waals surface area contributed by atoms with Gasteiger partial charge in [0, 0.05) is 50.2 Å². The van der Waals surface area contributed by atoms with Gasteiger partial charge in [-0.1, -0.05) is 115 Å². The lowest BCUT2D eigenvalue weighted by molar-refractivity contribution is 1.18. The van der Waals surface area contributed by atoms with Gasteiger partial charge < -0.3 is 9.47 Å². The Morgan fingerprint density at radius 2 is 0.917 bits per heavy atom. The number of aromatic nitrogens is 3. The largest absolute Gasteiger partial charge is 0.310 e. The minimum atomic E-state index is 0.507. The number of nitrogens with zero attached hydrogens (tertiary/aromatic N) is 6. The first-order valence-corrected chi connectivity index (χ1v) is 19.7. The average Bonchev–Trinajstić information content (AvgIpc) is 3.66. The highest BCUT2D eigenvalue weighted by molar-refractivity contribution is 6.10. The minimum absolute atomic E-state index is 0.507. The van der Waals surface area contributed by atoms with E-state index in [1.807, 2.05) is 36.4 Å². The van der Waals surface area contributed by atoms with Crippen LogP contribution in [-0.4, -0.2) is 14.5 Å². The molecule has 0 amide bonds. The third kappa shape index (κ3) is 6.71. The SMILES string of the molecule is N#Cc1cccc(-c2cc(-c3ccc(-c4ccc(-n5c6ccccc6c6cc(N(c7ccccc7)c7ccccc7)ccc65)cc4)cc3)nc(-c3cccc(C#N)c3)n2)c1. The van der Waals surface area contributed by atoms with E-state index in [1.54, 1.807) is 18.2 Å². The lowest BCUT2D eigenvalue weighted by atomic mass is 10.0. The van der Waals surface area contributed by atoms with Crippen LogP contribution in [0.1, 0.15) is 11.1 Å². The van der Waals surface area contributed by atoms with Crippen LogP contribution in [0.5, 0.6) is 0 Å². The van der Waals surface area contributed by atoms with Crippen molar-refractivity contribution < 1.29 is 0 Å². The molecule has 60 heavy (non-hydrogen) atoms. The van der Waals surface area contributed by atoms with E-state index in [9.17, 15) is 10.5 Å². The van der Waals surface area contributed by atoms with E-state index in [1.165, 1.54) is 10.8 Å². The molecule has 0 spiro atoms. The van der Waals surface area contributed by atoms with E-state index in [2.05, 4.69) is 173 Å². The van der Waals surface area contributed by atoms with Gasteiger partial charge >= 0.3 is 0 Å². The number of benzene rings is 8. The van der Waals surface area contributed by atoms with Crippen molar-refractivity contribution in [2.24, 2.45) is 0 Å². The molecular formula is C54H34N6. The van der Waals surface area contributed by atoms with Gasteiger partial charge in [-0.15, -0.1) is 0 Å². The summed E-state index contributed by atoms with van der Waals surface area (Å²) in [4.78, 5) is 12.2. The first-order chi connectivity index (χ1) is 29.6. The van der Waals surface area contributed by atoms with Crippen molar-refractivity contribution in [3.63, 3.8) is 0 Å². The predicted octanol–water partition coefficient (Wildman–Crippen LogP) is 13.5. The van der Waals surface area contributed by atoms with Crippen LogP contribution in [0, 0.1) is 22.7 Å². The topological polar surface area (TPSA) is 81.5 Å². The highest BCUT2D eigenvalue weighted by Gasteiger charge is 2.18. The Morgan fingerprint density at radius 1 is 0.383 bits per heavy atom. The lowest BCUT2D eigenvalue weighted by Gasteiger charge is -2.25. The molecule has 0 atom stereocenters. The fraction of sp³-hybridized carbons (Fsp3) is 0. The predicted molar refractivity (Wildman–Crippen MR) is 242 cm³/mol. The molecule has 0 saturated heterocycles. The smallest absolute Gasteiger partial charge is 0.160 e. The molecule has 10 aromatic rings. The van der Waals surface area contributed by atoms with Gasteiger partial charge in [-0.2, -0.15) is 10.5 Å². The first-order valence-electron chi connectivity index (χ1n) is 19.7. The molecular weight excluding hydrogens is 733 g/mol. The lowest BCUT2D eigenvalue weighted by Crippen LogP contribution is -2.09. The van der Waals surface area contributed by atoms with Crippen LogP contribution >= 0.6 is 0 Å². The number of para-hydroxylation sites is 3. The number of hydrogen-bond acceptors (Lipinski definition) is 5. The Labute approximate surface area is 347 Å². The Balaban J connectivity index is 0.994. The number of nitriles is 2. The second-order valence-electron chi connectivity index (χ2n) is 14.5. The van der Waals surface area contributed by atoms with Crippen molar-refractivity contribution in [1.82, 2.24) is 14.5 Å². The molecule has 0 fully saturated rings. The van der Waals surface area contributed by atoms with Gasteiger partial charge in [0.25, 0.3) is 0 Å². The zero-order valence-electron chi connectivity index (χ0n) is 32.3. The molecule has 0 bridgehead atoms. The zero-order valence-corrected chi connectivity index (χ0v) is 32.3. The van der Waals surface area contributed by atoms with E-state index < -0.39 is 0 Å². The third-order valence-corrected chi connectivity index (χ3v) is 10.8. The summed E-state index contributed by atoms with van der Waals surface area (Å²) in [7, 11) is 0. The molecule has 2 heterocycles. The standard InChI is InChI=1S/C54H34N6/c55-35-37-11-9-13-42(31-37)51-34-50(57-54(58-51)43-14-10-12-38(32-43)36-56)41-23-21-39(22-24-41)40-25-27-46(28-26-40)60-52-20-8-7-19-48(52)49-33-47(29-30-53(49)60)59(44-15-3-1-4-16-44)45-17-5-2-6-18-45/h1-34H. The van der Waals surface area contributed by atoms with E-state index in [0.717, 1.165) is 67.3 Å². The quantitative estimate of drug-likeness (QED) is 0.154. The van der Waals surface area contributed by atoms with Crippen LogP contribution in [0.25, 0.3) is 72.5 Å². The van der Waals surface area contributed by atoms with Crippen molar-refractivity contribution in [2.45, 2.75) is 0 Å². The first kappa shape index (κ1) is 35.8. The molecule has 280 valence electrons. The van der Waals surface area contributed by atoms with Crippen LogP contribution in [0.3, 0.4) is 0 Å². The minimum Gasteiger partial charge on any atom is -0.310 e. The van der Waals surface area contributed by atoms with E-state index in [-0.39, 0.29) is 0 Å². The summed E-state index contributed by atoms with van der Waals surface area (Å²) >= 11 is 0. The van der Waals surface area contributed by atoms with Crippen LogP contribution in [0.15, 0.2) is 206 Å². The normalized spacial score (nSPS) is 11.0. The van der Waals surface area contributed by atoms with E-state index in [4.69, 9.17) is 9.97 Å². The fourth-order valence-electron chi connectivity index (χ4n) is 7.96. The summed E-state index contributed by atoms with van der Waals surface area (Å²) < 4.78 is 2.35. The Kier molecular flexibility index (Phi) is 9.19. The summed E-state index contributed by atoms with van der Waals surface area (Å²) in [6.45, 7) is 0. The Hall–Kier alpha value is -8.58. The molecule has 10 rings (SSSR count). The summed E-state index contributed by atoms with van der Waals surface area (Å²) in [6.07, 6.45) is 0. The molecule has 0 saturated carbocycles. The summed E-state index contributed by atoms with van der Waals surface area (Å²) in [5.41, 5.74) is 13.9. The van der Waals surface area contributed by atoms with Crippen molar-refractivity contribution >= 4 is 38.9 Å². The highest BCUT2D eigenvalue weighted by atomic mass is 15.1. The number of hydrogen-bond donors (Lipinski definition) is 0. The van der Waals surface area contributed by atoms with Crippen molar-refractivity contribution in [3.05, 3.63) is 217 Å². The Bertz CT molecular complexity index is 3150. The molecule has 0 radical (unpaired) electrons. The van der Waals surface area contributed by atoms with Gasteiger partial charge in [-0.3, -0.25) is 0 Å². The maximum atomic E-state index is 9.58. The maximum absolute atomic E-state index is 9.58. The zero-order chi connectivity index (χ0) is 40.4. The fourth-order valence-corrected chi connectivity index (χ4v) is 7.96. The van der Waals surface area contributed by atoms with Crippen LogP contribution in [0.2, 0.25) is 0 Å². The second kappa shape index (κ2) is 15.4. The van der Waals surface area contributed by atoms with Gasteiger partial charge in [0.2, 0.25) is 0 Å². The van der Waals surface area contributed by atoms with Crippen molar-refractivity contribution in [3.8, 4) is 62.9 Å². The number of anilines is 3. The van der Waals surface area contributed by atoms with Gasteiger partial charge in [-0.05, 0) is 102 Å². The van der Waals surface area contributed by atoms with Crippen LogP contribution in [0.4, 0.5) is 17.1 Å². The molecule has 6 nitrogen and oxygen atoms in total. The van der Waals surface area contributed by atoms with Gasteiger partial charge in [0.1, 0.15) is 0 Å². The summed E-state index contributed by atoms with van der Waals surface area (Å²) in [5, 5.41) is 21.5. The molecule has 0 aliphatic rings. The Morgan fingerprint density at radius 3 is 1.57 bits per heavy atom. The monoisotopic (exact) mass is 766 g/mol. The average molecular weight is 767 g/mol. The van der Waals surface area contributed by atoms with Gasteiger partial charge in [0.05, 0.1) is 45.7 Å². The number of rotatable bonds is 8. The molecule has 0 aliphatic heterocycles.